The van der Waals surface area contributed by atoms with Gasteiger partial charge in [-0.15, -0.1) is 0 Å². The summed E-state index contributed by atoms with van der Waals surface area (Å²) in [5.41, 5.74) is 6.48. The number of halogens is 1. The number of piperidine rings is 1. The molecular weight excluding hydrogens is 240 g/mol. The second-order valence-electron chi connectivity index (χ2n) is 4.09. The Balaban J connectivity index is 2.03. The zero-order valence-electron chi connectivity index (χ0n) is 9.41. The van der Waals surface area contributed by atoms with Crippen LogP contribution in [0.4, 0.5) is 5.69 Å². The van der Waals surface area contributed by atoms with Crippen molar-refractivity contribution in [2.75, 3.05) is 18.8 Å². The first kappa shape index (κ1) is 12.2. The van der Waals surface area contributed by atoms with Crippen LogP contribution in [0.2, 0.25) is 5.02 Å². The number of nitrogens with two attached hydrogens (primary N) is 1. The molecule has 1 aliphatic heterocycles. The number of carbonyl (C=O) groups is 1. The van der Waals surface area contributed by atoms with Gasteiger partial charge in [0, 0.05) is 5.69 Å². The molecule has 0 atom stereocenters. The highest BCUT2D eigenvalue weighted by Gasteiger charge is 2.20. The third-order valence-electron chi connectivity index (χ3n) is 2.77. The molecule has 2 rings (SSSR count). The summed E-state index contributed by atoms with van der Waals surface area (Å²) in [6.07, 6.45) is 1.67. The van der Waals surface area contributed by atoms with E-state index in [1.807, 2.05) is 0 Å². The second kappa shape index (κ2) is 5.38. The molecule has 1 heterocycles. The first-order chi connectivity index (χ1) is 8.16. The van der Waals surface area contributed by atoms with E-state index in [1.165, 1.54) is 0 Å². The third kappa shape index (κ3) is 3.11. The van der Waals surface area contributed by atoms with Gasteiger partial charge in [0.1, 0.15) is 6.10 Å². The SMILES string of the molecule is Nc1ccc(C(=O)OC2CCNCC2)c(Cl)c1. The summed E-state index contributed by atoms with van der Waals surface area (Å²) in [4.78, 5) is 11.9. The molecule has 0 saturated carbocycles. The highest BCUT2D eigenvalue weighted by molar-refractivity contribution is 6.33. The maximum absolute atomic E-state index is 11.9. The van der Waals surface area contributed by atoms with Crippen molar-refractivity contribution in [2.45, 2.75) is 18.9 Å². The van der Waals surface area contributed by atoms with Crippen molar-refractivity contribution in [1.82, 2.24) is 5.32 Å². The number of esters is 1. The summed E-state index contributed by atoms with van der Waals surface area (Å²) in [6, 6.07) is 4.80. The van der Waals surface area contributed by atoms with E-state index >= 15 is 0 Å². The van der Waals surface area contributed by atoms with E-state index in [-0.39, 0.29) is 12.1 Å². The van der Waals surface area contributed by atoms with Crippen molar-refractivity contribution in [3.63, 3.8) is 0 Å². The molecule has 0 amide bonds. The van der Waals surface area contributed by atoms with Crippen LogP contribution in [0.1, 0.15) is 23.2 Å². The van der Waals surface area contributed by atoms with Gasteiger partial charge >= 0.3 is 5.97 Å². The summed E-state index contributed by atoms with van der Waals surface area (Å²) in [5, 5.41) is 3.55. The number of hydrogen-bond acceptors (Lipinski definition) is 4. The van der Waals surface area contributed by atoms with E-state index in [1.54, 1.807) is 18.2 Å². The number of hydrogen-bond donors (Lipinski definition) is 2. The molecule has 0 unspecified atom stereocenters. The van der Waals surface area contributed by atoms with Crippen LogP contribution in [0.5, 0.6) is 0 Å². The minimum absolute atomic E-state index is 0.0163. The van der Waals surface area contributed by atoms with Gasteiger partial charge in [0.25, 0.3) is 0 Å². The minimum atomic E-state index is -0.373. The van der Waals surface area contributed by atoms with Gasteiger partial charge in [-0.3, -0.25) is 0 Å². The van der Waals surface area contributed by atoms with E-state index in [9.17, 15) is 4.79 Å². The van der Waals surface area contributed by atoms with Crippen molar-refractivity contribution in [1.29, 1.82) is 0 Å². The van der Waals surface area contributed by atoms with Gasteiger partial charge in [-0.25, -0.2) is 4.79 Å². The summed E-state index contributed by atoms with van der Waals surface area (Å²) < 4.78 is 5.39. The lowest BCUT2D eigenvalue weighted by Gasteiger charge is -2.22. The Kier molecular flexibility index (Phi) is 3.86. The normalized spacial score (nSPS) is 16.8. The van der Waals surface area contributed by atoms with E-state index < -0.39 is 0 Å². The molecule has 92 valence electrons. The zero-order chi connectivity index (χ0) is 12.3. The van der Waals surface area contributed by atoms with E-state index in [2.05, 4.69) is 5.32 Å². The van der Waals surface area contributed by atoms with Crippen molar-refractivity contribution < 1.29 is 9.53 Å². The van der Waals surface area contributed by atoms with Gasteiger partial charge in [-0.1, -0.05) is 11.6 Å². The fourth-order valence-corrected chi connectivity index (χ4v) is 2.09. The van der Waals surface area contributed by atoms with Crippen molar-refractivity contribution >= 4 is 23.3 Å². The molecule has 0 bridgehead atoms. The first-order valence-corrected chi connectivity index (χ1v) is 6.01. The first-order valence-electron chi connectivity index (χ1n) is 5.63. The van der Waals surface area contributed by atoms with E-state index in [0.29, 0.717) is 16.3 Å². The molecule has 5 heteroatoms. The summed E-state index contributed by atoms with van der Waals surface area (Å²) in [6.45, 7) is 1.76. The molecule has 1 saturated heterocycles. The number of benzene rings is 1. The quantitative estimate of drug-likeness (QED) is 0.624. The predicted octanol–water partition coefficient (Wildman–Crippen LogP) is 1.83. The maximum atomic E-state index is 11.9. The molecule has 17 heavy (non-hydrogen) atoms. The van der Waals surface area contributed by atoms with Crippen LogP contribution in [0.25, 0.3) is 0 Å². The van der Waals surface area contributed by atoms with Gasteiger partial charge in [0.05, 0.1) is 10.6 Å². The van der Waals surface area contributed by atoms with Gasteiger partial charge in [0.2, 0.25) is 0 Å². The van der Waals surface area contributed by atoms with Gasteiger partial charge in [-0.05, 0) is 44.1 Å². The van der Waals surface area contributed by atoms with Crippen molar-refractivity contribution in [2.24, 2.45) is 0 Å². The Hall–Kier alpha value is -1.26. The summed E-state index contributed by atoms with van der Waals surface area (Å²) in [7, 11) is 0. The van der Waals surface area contributed by atoms with Gasteiger partial charge in [0.15, 0.2) is 0 Å². The lowest BCUT2D eigenvalue weighted by atomic mass is 10.1. The van der Waals surface area contributed by atoms with Crippen LogP contribution in [0.3, 0.4) is 0 Å². The second-order valence-corrected chi connectivity index (χ2v) is 4.50. The van der Waals surface area contributed by atoms with Crippen LogP contribution in [-0.4, -0.2) is 25.2 Å². The molecule has 0 aromatic heterocycles. The van der Waals surface area contributed by atoms with E-state index in [4.69, 9.17) is 22.1 Å². The van der Waals surface area contributed by atoms with Crippen LogP contribution in [0.15, 0.2) is 18.2 Å². The summed E-state index contributed by atoms with van der Waals surface area (Å²) in [5.74, 6) is -0.373. The molecule has 1 aromatic carbocycles. The third-order valence-corrected chi connectivity index (χ3v) is 3.09. The number of rotatable bonds is 2. The Labute approximate surface area is 105 Å². The number of nitrogens with one attached hydrogen (secondary N) is 1. The Bertz CT molecular complexity index is 417. The molecule has 0 aliphatic carbocycles. The molecule has 0 radical (unpaired) electrons. The van der Waals surface area contributed by atoms with Gasteiger partial charge < -0.3 is 15.8 Å². The van der Waals surface area contributed by atoms with Crippen LogP contribution in [-0.2, 0) is 4.74 Å². The number of carbonyl (C=O) groups excluding carboxylic acids is 1. The number of nitrogen functional groups attached to an aromatic ring is 1. The predicted molar refractivity (Wildman–Crippen MR) is 67.2 cm³/mol. The van der Waals surface area contributed by atoms with Crippen molar-refractivity contribution in [3.8, 4) is 0 Å². The largest absolute Gasteiger partial charge is 0.459 e. The molecule has 3 N–H and O–H groups in total. The smallest absolute Gasteiger partial charge is 0.339 e. The summed E-state index contributed by atoms with van der Waals surface area (Å²) >= 11 is 5.95. The monoisotopic (exact) mass is 254 g/mol. The fourth-order valence-electron chi connectivity index (χ4n) is 1.83. The maximum Gasteiger partial charge on any atom is 0.339 e. The number of anilines is 1. The van der Waals surface area contributed by atoms with Crippen molar-refractivity contribution in [3.05, 3.63) is 28.8 Å². The lowest BCUT2D eigenvalue weighted by Crippen LogP contribution is -2.33. The topological polar surface area (TPSA) is 64.4 Å². The molecule has 0 spiro atoms. The molecule has 4 nitrogen and oxygen atoms in total. The molecular formula is C12H15ClN2O2. The Morgan fingerprint density at radius 3 is 2.76 bits per heavy atom. The molecule has 1 aromatic rings. The molecule has 1 fully saturated rings. The Morgan fingerprint density at radius 2 is 2.12 bits per heavy atom. The average Bonchev–Trinajstić information content (AvgIpc) is 2.30. The average molecular weight is 255 g/mol. The van der Waals surface area contributed by atoms with Gasteiger partial charge in [-0.2, -0.15) is 0 Å². The van der Waals surface area contributed by atoms with E-state index in [0.717, 1.165) is 25.9 Å². The highest BCUT2D eigenvalue weighted by atomic mass is 35.5. The minimum Gasteiger partial charge on any atom is -0.459 e. The van der Waals surface area contributed by atoms with Crippen LogP contribution in [0, 0.1) is 0 Å². The molecule has 1 aliphatic rings. The highest BCUT2D eigenvalue weighted by Crippen LogP contribution is 2.21. The fraction of sp³-hybridized carbons (Fsp3) is 0.417. The zero-order valence-corrected chi connectivity index (χ0v) is 10.2. The van der Waals surface area contributed by atoms with Crippen LogP contribution < -0.4 is 11.1 Å². The standard InChI is InChI=1S/C12H15ClN2O2/c13-11-7-8(14)1-2-10(11)12(16)17-9-3-5-15-6-4-9/h1-2,7,9,15H,3-6,14H2. The number of ether oxygens (including phenoxy) is 1. The lowest BCUT2D eigenvalue weighted by molar-refractivity contribution is 0.0230. The van der Waals surface area contributed by atoms with Crippen LogP contribution >= 0.6 is 11.6 Å². The Morgan fingerprint density at radius 1 is 1.41 bits per heavy atom.